The van der Waals surface area contributed by atoms with Crippen LogP contribution in [0.1, 0.15) is 5.56 Å². The fraction of sp³-hybridized carbons (Fsp3) is 0.133. The van der Waals surface area contributed by atoms with E-state index in [1.807, 2.05) is 6.07 Å². The van der Waals surface area contributed by atoms with Crippen LogP contribution in [0, 0.1) is 17.1 Å². The minimum Gasteiger partial charge on any atom is -0.495 e. The highest BCUT2D eigenvalue weighted by molar-refractivity contribution is 5.75. The molecular weight excluding hydrogens is 291 g/mol. The van der Waals surface area contributed by atoms with Gasteiger partial charge in [-0.3, -0.25) is 9.59 Å². The number of ether oxygens (including phenoxy) is 1. The second kappa shape index (κ2) is 6.10. The first kappa shape index (κ1) is 15.3. The third kappa shape index (κ3) is 2.96. The highest BCUT2D eigenvalue weighted by Crippen LogP contribution is 2.31. The molecule has 2 rings (SSSR count). The lowest BCUT2D eigenvalue weighted by Gasteiger charge is -2.12. The number of aromatic nitrogens is 1. The van der Waals surface area contributed by atoms with Gasteiger partial charge in [0.05, 0.1) is 24.9 Å². The molecule has 0 fully saturated rings. The third-order valence-electron chi connectivity index (χ3n) is 3.01. The Kier molecular flexibility index (Phi) is 4.23. The van der Waals surface area contributed by atoms with Gasteiger partial charge < -0.3 is 14.4 Å². The molecule has 0 saturated heterocycles. The molecule has 1 heterocycles. The van der Waals surface area contributed by atoms with Crippen LogP contribution in [-0.2, 0) is 11.3 Å². The van der Waals surface area contributed by atoms with Crippen molar-refractivity contribution >= 4 is 5.97 Å². The number of pyridine rings is 1. The van der Waals surface area contributed by atoms with Crippen molar-refractivity contribution in [3.05, 3.63) is 52.2 Å². The maximum absolute atomic E-state index is 13.4. The molecule has 0 amide bonds. The molecule has 112 valence electrons. The Bertz CT molecular complexity index is 836. The van der Waals surface area contributed by atoms with Crippen molar-refractivity contribution < 1.29 is 19.0 Å². The lowest BCUT2D eigenvalue weighted by Crippen LogP contribution is -2.23. The third-order valence-corrected chi connectivity index (χ3v) is 3.01. The highest BCUT2D eigenvalue weighted by Gasteiger charge is 2.15. The Hall–Kier alpha value is -3.14. The first-order chi connectivity index (χ1) is 10.5. The number of rotatable bonds is 4. The van der Waals surface area contributed by atoms with Crippen molar-refractivity contribution in [2.75, 3.05) is 7.11 Å². The van der Waals surface area contributed by atoms with Crippen molar-refractivity contribution in [3.8, 4) is 22.9 Å². The van der Waals surface area contributed by atoms with Crippen LogP contribution in [0.15, 0.2) is 35.3 Å². The molecule has 1 aromatic heterocycles. The van der Waals surface area contributed by atoms with Crippen LogP contribution < -0.4 is 10.3 Å². The van der Waals surface area contributed by atoms with Crippen LogP contribution >= 0.6 is 0 Å². The van der Waals surface area contributed by atoms with Crippen LogP contribution in [0.25, 0.3) is 11.1 Å². The van der Waals surface area contributed by atoms with Crippen molar-refractivity contribution in [2.24, 2.45) is 0 Å². The molecule has 0 atom stereocenters. The molecule has 0 unspecified atom stereocenters. The van der Waals surface area contributed by atoms with Crippen molar-refractivity contribution in [1.29, 1.82) is 5.26 Å². The van der Waals surface area contributed by atoms with E-state index in [-0.39, 0.29) is 22.4 Å². The number of benzene rings is 1. The zero-order valence-corrected chi connectivity index (χ0v) is 11.5. The number of hydrogen-bond donors (Lipinski definition) is 1. The molecule has 7 heteroatoms. The number of carbonyl (C=O) groups is 1. The minimum atomic E-state index is -1.18. The van der Waals surface area contributed by atoms with E-state index in [2.05, 4.69) is 0 Å². The number of carboxylic acid groups (broad SMARTS) is 1. The Morgan fingerprint density at radius 1 is 1.41 bits per heavy atom. The largest absolute Gasteiger partial charge is 0.495 e. The monoisotopic (exact) mass is 302 g/mol. The number of hydrogen-bond acceptors (Lipinski definition) is 4. The molecule has 6 nitrogen and oxygen atoms in total. The quantitative estimate of drug-likeness (QED) is 0.926. The van der Waals surface area contributed by atoms with E-state index in [1.54, 1.807) is 0 Å². The van der Waals surface area contributed by atoms with Gasteiger partial charge in [-0.1, -0.05) is 0 Å². The Balaban J connectivity index is 2.69. The topological polar surface area (TPSA) is 92.3 Å². The van der Waals surface area contributed by atoms with Crippen LogP contribution in [0.5, 0.6) is 5.75 Å². The number of methoxy groups -OCH3 is 1. The first-order valence-corrected chi connectivity index (χ1v) is 6.16. The van der Waals surface area contributed by atoms with Gasteiger partial charge in [-0.05, 0) is 18.2 Å². The summed E-state index contributed by atoms with van der Waals surface area (Å²) in [5, 5.41) is 17.9. The highest BCUT2D eigenvalue weighted by atomic mass is 19.1. The van der Waals surface area contributed by atoms with Gasteiger partial charge in [0.25, 0.3) is 5.56 Å². The molecule has 1 aromatic carbocycles. The summed E-state index contributed by atoms with van der Waals surface area (Å²) in [6, 6.07) is 6.60. The van der Waals surface area contributed by atoms with E-state index in [0.29, 0.717) is 0 Å². The van der Waals surface area contributed by atoms with E-state index in [4.69, 9.17) is 15.1 Å². The van der Waals surface area contributed by atoms with E-state index < -0.39 is 23.9 Å². The Morgan fingerprint density at radius 3 is 2.73 bits per heavy atom. The Morgan fingerprint density at radius 2 is 2.14 bits per heavy atom. The molecule has 0 aliphatic rings. The van der Waals surface area contributed by atoms with Gasteiger partial charge in [0.2, 0.25) is 0 Å². The molecule has 2 aromatic rings. The summed E-state index contributed by atoms with van der Waals surface area (Å²) in [6.45, 7) is -0.524. The first-order valence-electron chi connectivity index (χ1n) is 6.16. The number of nitriles is 1. The van der Waals surface area contributed by atoms with Crippen molar-refractivity contribution in [2.45, 2.75) is 6.54 Å². The van der Waals surface area contributed by atoms with Crippen LogP contribution in [0.3, 0.4) is 0 Å². The summed E-state index contributed by atoms with van der Waals surface area (Å²) in [7, 11) is 1.33. The van der Waals surface area contributed by atoms with E-state index in [0.717, 1.165) is 22.8 Å². The van der Waals surface area contributed by atoms with Gasteiger partial charge in [-0.15, -0.1) is 0 Å². The maximum atomic E-state index is 13.4. The molecule has 0 bridgehead atoms. The van der Waals surface area contributed by atoms with E-state index in [1.165, 1.54) is 19.4 Å². The summed E-state index contributed by atoms with van der Waals surface area (Å²) >= 11 is 0. The molecule has 0 saturated carbocycles. The fourth-order valence-electron chi connectivity index (χ4n) is 2.03. The van der Waals surface area contributed by atoms with Gasteiger partial charge in [-0.2, -0.15) is 5.26 Å². The molecule has 22 heavy (non-hydrogen) atoms. The average Bonchev–Trinajstić information content (AvgIpc) is 2.48. The minimum absolute atomic E-state index is 0.169. The van der Waals surface area contributed by atoms with Gasteiger partial charge in [-0.25, -0.2) is 4.39 Å². The maximum Gasteiger partial charge on any atom is 0.323 e. The van der Waals surface area contributed by atoms with E-state index >= 15 is 0 Å². The van der Waals surface area contributed by atoms with Gasteiger partial charge >= 0.3 is 5.97 Å². The lowest BCUT2D eigenvalue weighted by atomic mass is 10.0. The lowest BCUT2D eigenvalue weighted by molar-refractivity contribution is -0.137. The number of halogens is 1. The normalized spacial score (nSPS) is 10.0. The molecule has 0 aliphatic carbocycles. The predicted molar refractivity (Wildman–Crippen MR) is 75.0 cm³/mol. The molecule has 0 spiro atoms. The Labute approximate surface area is 124 Å². The fourth-order valence-corrected chi connectivity index (χ4v) is 2.03. The predicted octanol–water partition coefficient (Wildman–Crippen LogP) is 1.62. The molecule has 1 N–H and O–H groups in total. The van der Waals surface area contributed by atoms with Crippen LogP contribution in [0.4, 0.5) is 4.39 Å². The summed E-state index contributed by atoms with van der Waals surface area (Å²) in [5.74, 6) is -1.57. The van der Waals surface area contributed by atoms with Gasteiger partial charge in [0, 0.05) is 17.2 Å². The van der Waals surface area contributed by atoms with Gasteiger partial charge in [0.1, 0.15) is 18.1 Å². The summed E-state index contributed by atoms with van der Waals surface area (Å²) in [4.78, 5) is 22.7. The standard InChI is InChI=1S/C15H11FN2O4/c1-22-13-7-18(8-15(20)21)14(19)5-12(13)11-4-10(16)3-2-9(11)6-17/h2-5,7H,8H2,1H3,(H,20,21). The summed E-state index contributed by atoms with van der Waals surface area (Å²) < 4.78 is 19.5. The zero-order valence-electron chi connectivity index (χ0n) is 11.5. The number of carboxylic acids is 1. The number of nitrogens with zero attached hydrogens (tertiary/aromatic N) is 2. The SMILES string of the molecule is COc1cn(CC(=O)O)c(=O)cc1-c1cc(F)ccc1C#N. The summed E-state index contributed by atoms with van der Waals surface area (Å²) in [6.07, 6.45) is 1.22. The second-order valence-corrected chi connectivity index (χ2v) is 4.42. The van der Waals surface area contributed by atoms with E-state index in [9.17, 15) is 14.0 Å². The molecular formula is C15H11FN2O4. The van der Waals surface area contributed by atoms with Crippen LogP contribution in [0.2, 0.25) is 0 Å². The van der Waals surface area contributed by atoms with Gasteiger partial charge in [0.15, 0.2) is 0 Å². The smallest absolute Gasteiger partial charge is 0.323 e. The average molecular weight is 302 g/mol. The number of aliphatic carboxylic acids is 1. The van der Waals surface area contributed by atoms with Crippen molar-refractivity contribution in [3.63, 3.8) is 0 Å². The molecule has 0 aliphatic heterocycles. The second-order valence-electron chi connectivity index (χ2n) is 4.42. The zero-order chi connectivity index (χ0) is 16.3. The molecule has 0 radical (unpaired) electrons. The van der Waals surface area contributed by atoms with Crippen LogP contribution in [-0.4, -0.2) is 22.8 Å². The van der Waals surface area contributed by atoms with Crippen molar-refractivity contribution in [1.82, 2.24) is 4.57 Å². The summed E-state index contributed by atoms with van der Waals surface area (Å²) in [5.41, 5.74) is 0.0190.